The lowest BCUT2D eigenvalue weighted by molar-refractivity contribution is -0.123. The summed E-state index contributed by atoms with van der Waals surface area (Å²) in [6.07, 6.45) is 7.40. The molecular formula is C16H26N2O3. The number of nitrogens with one attached hydrogen (secondary N) is 2. The first-order valence-corrected chi connectivity index (χ1v) is 8.10. The predicted octanol–water partition coefficient (Wildman–Crippen LogP) is 2.19. The number of urea groups is 1. The molecule has 0 bridgehead atoms. The SMILES string of the molecule is CC(=O)C(C)NC(=O)N[C@@H](C(=O)C1CC1)C1CCCCC1. The van der Waals surface area contributed by atoms with Crippen molar-refractivity contribution >= 4 is 17.6 Å². The molecule has 0 aliphatic heterocycles. The Morgan fingerprint density at radius 3 is 2.10 bits per heavy atom. The second-order valence-corrected chi connectivity index (χ2v) is 6.50. The van der Waals surface area contributed by atoms with E-state index in [0.29, 0.717) is 0 Å². The topological polar surface area (TPSA) is 75.3 Å². The van der Waals surface area contributed by atoms with Crippen molar-refractivity contribution in [3.05, 3.63) is 0 Å². The zero-order valence-electron chi connectivity index (χ0n) is 13.0. The maximum atomic E-state index is 12.5. The quantitative estimate of drug-likeness (QED) is 0.788. The van der Waals surface area contributed by atoms with Crippen LogP contribution in [0.3, 0.4) is 0 Å². The molecule has 0 saturated heterocycles. The third-order valence-electron chi connectivity index (χ3n) is 4.65. The molecule has 0 spiro atoms. The van der Waals surface area contributed by atoms with Crippen molar-refractivity contribution in [3.63, 3.8) is 0 Å². The van der Waals surface area contributed by atoms with E-state index in [-0.39, 0.29) is 29.4 Å². The third-order valence-corrected chi connectivity index (χ3v) is 4.65. The number of carbonyl (C=O) groups excluding carboxylic acids is 3. The van der Waals surface area contributed by atoms with Crippen molar-refractivity contribution in [2.45, 2.75) is 70.9 Å². The van der Waals surface area contributed by atoms with E-state index in [2.05, 4.69) is 10.6 Å². The van der Waals surface area contributed by atoms with E-state index in [4.69, 9.17) is 0 Å². The minimum atomic E-state index is -0.520. The van der Waals surface area contributed by atoms with Gasteiger partial charge in [-0.2, -0.15) is 0 Å². The van der Waals surface area contributed by atoms with E-state index in [1.807, 2.05) is 0 Å². The molecular weight excluding hydrogens is 268 g/mol. The largest absolute Gasteiger partial charge is 0.329 e. The van der Waals surface area contributed by atoms with E-state index in [1.165, 1.54) is 13.3 Å². The maximum Gasteiger partial charge on any atom is 0.315 e. The third kappa shape index (κ3) is 4.55. The predicted molar refractivity (Wildman–Crippen MR) is 79.9 cm³/mol. The highest BCUT2D eigenvalue weighted by Crippen LogP contribution is 2.35. The van der Waals surface area contributed by atoms with Crippen molar-refractivity contribution < 1.29 is 14.4 Å². The second-order valence-electron chi connectivity index (χ2n) is 6.50. The molecule has 5 heteroatoms. The van der Waals surface area contributed by atoms with Crippen molar-refractivity contribution in [2.24, 2.45) is 11.8 Å². The number of rotatable bonds is 6. The molecule has 5 nitrogen and oxygen atoms in total. The zero-order chi connectivity index (χ0) is 15.4. The number of ketones is 2. The van der Waals surface area contributed by atoms with Crippen LogP contribution in [0.1, 0.15) is 58.8 Å². The molecule has 2 rings (SSSR count). The van der Waals surface area contributed by atoms with Gasteiger partial charge in [-0.05, 0) is 45.4 Å². The van der Waals surface area contributed by atoms with Crippen LogP contribution in [0.5, 0.6) is 0 Å². The van der Waals surface area contributed by atoms with Crippen LogP contribution < -0.4 is 10.6 Å². The lowest BCUT2D eigenvalue weighted by Crippen LogP contribution is -2.53. The van der Waals surface area contributed by atoms with E-state index in [9.17, 15) is 14.4 Å². The van der Waals surface area contributed by atoms with Gasteiger partial charge < -0.3 is 10.6 Å². The highest BCUT2D eigenvalue weighted by atomic mass is 16.2. The highest BCUT2D eigenvalue weighted by molar-refractivity contribution is 5.93. The van der Waals surface area contributed by atoms with Crippen LogP contribution in [0.4, 0.5) is 4.79 Å². The summed E-state index contributed by atoms with van der Waals surface area (Å²) in [6, 6.07) is -1.30. The Hall–Kier alpha value is -1.39. The van der Waals surface area contributed by atoms with Gasteiger partial charge in [-0.15, -0.1) is 0 Å². The first-order valence-electron chi connectivity index (χ1n) is 8.10. The summed E-state index contributed by atoms with van der Waals surface area (Å²) in [6.45, 7) is 3.10. The van der Waals surface area contributed by atoms with E-state index >= 15 is 0 Å². The molecule has 2 saturated carbocycles. The molecule has 2 fully saturated rings. The van der Waals surface area contributed by atoms with Gasteiger partial charge >= 0.3 is 6.03 Å². The normalized spacial score (nSPS) is 22.2. The van der Waals surface area contributed by atoms with Crippen molar-refractivity contribution in [3.8, 4) is 0 Å². The Morgan fingerprint density at radius 1 is 0.952 bits per heavy atom. The van der Waals surface area contributed by atoms with Crippen LogP contribution in [-0.4, -0.2) is 29.7 Å². The molecule has 0 aromatic rings. The molecule has 0 aromatic carbocycles. The molecule has 2 aliphatic rings. The van der Waals surface area contributed by atoms with Crippen LogP contribution in [0, 0.1) is 11.8 Å². The minimum Gasteiger partial charge on any atom is -0.329 e. The maximum absolute atomic E-state index is 12.5. The van der Waals surface area contributed by atoms with Gasteiger partial charge in [-0.25, -0.2) is 4.79 Å². The van der Waals surface area contributed by atoms with Crippen molar-refractivity contribution in [1.82, 2.24) is 10.6 Å². The summed E-state index contributed by atoms with van der Waals surface area (Å²) in [5, 5.41) is 5.45. The summed E-state index contributed by atoms with van der Waals surface area (Å²) in [7, 11) is 0. The van der Waals surface area contributed by atoms with Gasteiger partial charge in [-0.1, -0.05) is 19.3 Å². The first-order chi connectivity index (χ1) is 9.99. The van der Waals surface area contributed by atoms with Crippen LogP contribution in [0.2, 0.25) is 0 Å². The summed E-state index contributed by atoms with van der Waals surface area (Å²) < 4.78 is 0. The molecule has 118 valence electrons. The van der Waals surface area contributed by atoms with Gasteiger partial charge in [0.1, 0.15) is 0 Å². The molecule has 1 unspecified atom stereocenters. The average molecular weight is 294 g/mol. The fraction of sp³-hybridized carbons (Fsp3) is 0.812. The lowest BCUT2D eigenvalue weighted by Gasteiger charge is -2.30. The molecule has 21 heavy (non-hydrogen) atoms. The summed E-state index contributed by atoms with van der Waals surface area (Å²) in [4.78, 5) is 35.7. The Balaban J connectivity index is 1.96. The Bertz CT molecular complexity index is 412. The van der Waals surface area contributed by atoms with Crippen LogP contribution >= 0.6 is 0 Å². The standard InChI is InChI=1S/C16H26N2O3/c1-10(11(2)19)17-16(21)18-14(15(20)13-8-9-13)12-6-4-3-5-7-12/h10,12-14H,3-9H2,1-2H3,(H2,17,18,21)/t10?,14-/m1/s1. The Kier molecular flexibility index (Phi) is 5.37. The van der Waals surface area contributed by atoms with Gasteiger partial charge in [0, 0.05) is 5.92 Å². The number of carbonyl (C=O) groups is 3. The highest BCUT2D eigenvalue weighted by Gasteiger charge is 2.39. The van der Waals surface area contributed by atoms with Crippen molar-refractivity contribution in [2.75, 3.05) is 0 Å². The minimum absolute atomic E-state index is 0.0899. The monoisotopic (exact) mass is 294 g/mol. The van der Waals surface area contributed by atoms with Crippen LogP contribution in [-0.2, 0) is 9.59 Å². The van der Waals surface area contributed by atoms with Gasteiger partial charge in [0.05, 0.1) is 12.1 Å². The van der Waals surface area contributed by atoms with Crippen LogP contribution in [0.25, 0.3) is 0 Å². The molecule has 0 radical (unpaired) electrons. The number of hydrogen-bond donors (Lipinski definition) is 2. The Labute approximate surface area is 126 Å². The van der Waals surface area contributed by atoms with Crippen molar-refractivity contribution in [1.29, 1.82) is 0 Å². The number of amides is 2. The van der Waals surface area contributed by atoms with Crippen LogP contribution in [0.15, 0.2) is 0 Å². The molecule has 0 heterocycles. The van der Waals surface area contributed by atoms with E-state index in [0.717, 1.165) is 38.5 Å². The van der Waals surface area contributed by atoms with Gasteiger partial charge in [-0.3, -0.25) is 9.59 Å². The second kappa shape index (κ2) is 7.05. The fourth-order valence-electron chi connectivity index (χ4n) is 2.99. The Morgan fingerprint density at radius 2 is 1.57 bits per heavy atom. The van der Waals surface area contributed by atoms with Gasteiger partial charge in [0.25, 0.3) is 0 Å². The fourth-order valence-corrected chi connectivity index (χ4v) is 2.99. The van der Waals surface area contributed by atoms with Gasteiger partial charge in [0.2, 0.25) is 0 Å². The smallest absolute Gasteiger partial charge is 0.315 e. The molecule has 2 amide bonds. The van der Waals surface area contributed by atoms with E-state index < -0.39 is 12.1 Å². The number of hydrogen-bond acceptors (Lipinski definition) is 3. The first kappa shape index (κ1) is 16.0. The summed E-state index contributed by atoms with van der Waals surface area (Å²) >= 11 is 0. The average Bonchev–Trinajstić information content (AvgIpc) is 3.29. The lowest BCUT2D eigenvalue weighted by atomic mass is 9.81. The molecule has 2 N–H and O–H groups in total. The summed E-state index contributed by atoms with van der Waals surface area (Å²) in [5.74, 6) is 0.494. The molecule has 0 aromatic heterocycles. The van der Waals surface area contributed by atoms with Gasteiger partial charge in [0.15, 0.2) is 11.6 Å². The zero-order valence-corrected chi connectivity index (χ0v) is 13.0. The number of Topliss-reactive ketones (excluding diaryl/α,β-unsaturated/α-hetero) is 2. The molecule has 2 atom stereocenters. The summed E-state index contributed by atoms with van der Waals surface area (Å²) in [5.41, 5.74) is 0. The molecule has 2 aliphatic carbocycles. The van der Waals surface area contributed by atoms with E-state index in [1.54, 1.807) is 6.92 Å².